The second kappa shape index (κ2) is 4.40. The van der Waals surface area contributed by atoms with Crippen molar-refractivity contribution >= 4 is 22.6 Å². The Bertz CT molecular complexity index is 625. The van der Waals surface area contributed by atoms with Gasteiger partial charge in [-0.2, -0.15) is 0 Å². The van der Waals surface area contributed by atoms with Crippen LogP contribution in [0.3, 0.4) is 0 Å². The number of amides is 1. The molecule has 0 bridgehead atoms. The molecule has 0 saturated carbocycles. The number of carbonyl (C=O) groups is 1. The maximum atomic E-state index is 11.2. The van der Waals surface area contributed by atoms with Crippen molar-refractivity contribution in [3.63, 3.8) is 0 Å². The summed E-state index contributed by atoms with van der Waals surface area (Å²) in [5, 5.41) is 0.675. The van der Waals surface area contributed by atoms with Crippen LogP contribution in [0.5, 0.6) is 11.5 Å². The summed E-state index contributed by atoms with van der Waals surface area (Å²) in [6, 6.07) is 5.00. The Labute approximate surface area is 103 Å². The highest BCUT2D eigenvalue weighted by atomic mass is 16.5. The van der Waals surface area contributed by atoms with E-state index >= 15 is 0 Å². The first-order chi connectivity index (χ1) is 8.56. The monoisotopic (exact) mass is 247 g/mol. The van der Waals surface area contributed by atoms with Crippen LogP contribution in [-0.2, 0) is 0 Å². The molecule has 1 aromatic heterocycles. The van der Waals surface area contributed by atoms with E-state index in [4.69, 9.17) is 20.9 Å². The second-order valence-corrected chi connectivity index (χ2v) is 3.69. The van der Waals surface area contributed by atoms with E-state index in [1.165, 1.54) is 7.11 Å². The summed E-state index contributed by atoms with van der Waals surface area (Å²) < 4.78 is 10.4. The molecule has 0 aliphatic rings. The van der Waals surface area contributed by atoms with E-state index in [1.54, 1.807) is 25.3 Å². The van der Waals surface area contributed by atoms with Crippen LogP contribution in [0.4, 0.5) is 5.82 Å². The molecule has 0 radical (unpaired) electrons. The Kier molecular flexibility index (Phi) is 2.93. The van der Waals surface area contributed by atoms with E-state index in [1.807, 2.05) is 0 Å². The summed E-state index contributed by atoms with van der Waals surface area (Å²) in [5.74, 6) is 0.579. The number of nitrogens with two attached hydrogens (primary N) is 2. The van der Waals surface area contributed by atoms with E-state index in [9.17, 15) is 4.79 Å². The maximum absolute atomic E-state index is 11.2. The number of anilines is 1. The van der Waals surface area contributed by atoms with E-state index in [0.29, 0.717) is 22.4 Å². The van der Waals surface area contributed by atoms with E-state index < -0.39 is 5.91 Å². The third kappa shape index (κ3) is 1.88. The minimum atomic E-state index is -0.622. The molecule has 18 heavy (non-hydrogen) atoms. The number of pyridine rings is 1. The van der Waals surface area contributed by atoms with Gasteiger partial charge in [0.2, 0.25) is 0 Å². The minimum absolute atomic E-state index is 0.0819. The van der Waals surface area contributed by atoms with Crippen molar-refractivity contribution < 1.29 is 14.3 Å². The van der Waals surface area contributed by atoms with Gasteiger partial charge < -0.3 is 20.9 Å². The lowest BCUT2D eigenvalue weighted by molar-refractivity contribution is 0.100. The minimum Gasteiger partial charge on any atom is -0.497 e. The Morgan fingerprint density at radius 2 is 1.94 bits per heavy atom. The van der Waals surface area contributed by atoms with Crippen LogP contribution in [0.1, 0.15) is 10.4 Å². The molecule has 6 heteroatoms. The Hall–Kier alpha value is -2.50. The number of benzene rings is 1. The Balaban J connectivity index is 2.79. The second-order valence-electron chi connectivity index (χ2n) is 3.69. The summed E-state index contributed by atoms with van der Waals surface area (Å²) in [7, 11) is 3.06. The van der Waals surface area contributed by atoms with Crippen LogP contribution >= 0.6 is 0 Å². The maximum Gasteiger partial charge on any atom is 0.252 e. The van der Waals surface area contributed by atoms with Crippen molar-refractivity contribution in [3.05, 3.63) is 23.8 Å². The third-order valence-electron chi connectivity index (χ3n) is 2.61. The van der Waals surface area contributed by atoms with Gasteiger partial charge in [-0.05, 0) is 12.1 Å². The molecule has 1 amide bonds. The van der Waals surface area contributed by atoms with Crippen molar-refractivity contribution in [3.8, 4) is 11.5 Å². The Morgan fingerprint density at radius 1 is 1.22 bits per heavy atom. The van der Waals surface area contributed by atoms with Crippen LogP contribution in [0.2, 0.25) is 0 Å². The lowest BCUT2D eigenvalue weighted by atomic mass is 10.1. The van der Waals surface area contributed by atoms with Crippen molar-refractivity contribution in [1.29, 1.82) is 0 Å². The van der Waals surface area contributed by atoms with Gasteiger partial charge in [0.1, 0.15) is 22.8 Å². The topological polar surface area (TPSA) is 100 Å². The van der Waals surface area contributed by atoms with Gasteiger partial charge in [-0.25, -0.2) is 4.98 Å². The molecule has 0 aliphatic carbocycles. The molecular weight excluding hydrogens is 234 g/mol. The number of rotatable bonds is 3. The molecule has 94 valence electrons. The average molecular weight is 247 g/mol. The molecule has 1 aromatic carbocycles. The number of nitrogens with zero attached hydrogens (tertiary/aromatic N) is 1. The number of nitrogen functional groups attached to an aromatic ring is 1. The molecule has 0 unspecified atom stereocenters. The fourth-order valence-corrected chi connectivity index (χ4v) is 1.71. The molecule has 0 spiro atoms. The van der Waals surface area contributed by atoms with Crippen molar-refractivity contribution in [2.45, 2.75) is 0 Å². The number of aromatic nitrogens is 1. The van der Waals surface area contributed by atoms with E-state index in [0.717, 1.165) is 0 Å². The zero-order valence-electron chi connectivity index (χ0n) is 10.1. The van der Waals surface area contributed by atoms with Crippen molar-refractivity contribution in [1.82, 2.24) is 4.98 Å². The van der Waals surface area contributed by atoms with Gasteiger partial charge in [-0.15, -0.1) is 0 Å². The number of carbonyl (C=O) groups excluding carboxylic acids is 1. The summed E-state index contributed by atoms with van der Waals surface area (Å²) >= 11 is 0. The van der Waals surface area contributed by atoms with Gasteiger partial charge in [0.05, 0.1) is 19.8 Å². The number of primary amides is 1. The van der Waals surface area contributed by atoms with Gasteiger partial charge in [0.15, 0.2) is 0 Å². The first-order valence-corrected chi connectivity index (χ1v) is 5.19. The fourth-order valence-electron chi connectivity index (χ4n) is 1.71. The van der Waals surface area contributed by atoms with Crippen LogP contribution in [0.15, 0.2) is 18.2 Å². The molecule has 0 aliphatic heterocycles. The van der Waals surface area contributed by atoms with Gasteiger partial charge in [0.25, 0.3) is 5.91 Å². The smallest absolute Gasteiger partial charge is 0.252 e. The molecule has 1 heterocycles. The number of hydrogen-bond acceptors (Lipinski definition) is 5. The first kappa shape index (κ1) is 12.0. The number of methoxy groups -OCH3 is 2. The summed E-state index contributed by atoms with van der Waals surface area (Å²) in [6.45, 7) is 0. The van der Waals surface area contributed by atoms with Crippen LogP contribution in [0.25, 0.3) is 10.9 Å². The summed E-state index contributed by atoms with van der Waals surface area (Å²) in [4.78, 5) is 15.4. The van der Waals surface area contributed by atoms with Gasteiger partial charge in [-0.3, -0.25) is 4.79 Å². The summed E-state index contributed by atoms with van der Waals surface area (Å²) in [5.41, 5.74) is 11.6. The van der Waals surface area contributed by atoms with Crippen LogP contribution in [0, 0.1) is 0 Å². The number of ether oxygens (including phenoxy) is 2. The standard InChI is InChI=1S/C12H13N3O3/c1-17-7-3-6-4-8(12(14)16)11(13)15-10(6)9(5-7)18-2/h3-5H,1-2H3,(H2,13,15)(H2,14,16). The zero-order chi connectivity index (χ0) is 13.3. The predicted molar refractivity (Wildman–Crippen MR) is 67.8 cm³/mol. The molecule has 2 rings (SSSR count). The van der Waals surface area contributed by atoms with Crippen molar-refractivity contribution in [2.24, 2.45) is 5.73 Å². The van der Waals surface area contributed by atoms with Gasteiger partial charge >= 0.3 is 0 Å². The SMILES string of the molecule is COc1cc(OC)c2nc(N)c(C(N)=O)cc2c1. The quantitative estimate of drug-likeness (QED) is 0.840. The highest BCUT2D eigenvalue weighted by molar-refractivity contribution is 6.02. The number of hydrogen-bond donors (Lipinski definition) is 2. The Morgan fingerprint density at radius 3 is 2.50 bits per heavy atom. The first-order valence-electron chi connectivity index (χ1n) is 5.19. The zero-order valence-corrected chi connectivity index (χ0v) is 10.1. The number of fused-ring (bicyclic) bond motifs is 1. The lowest BCUT2D eigenvalue weighted by Crippen LogP contribution is -2.14. The van der Waals surface area contributed by atoms with Gasteiger partial charge in [0, 0.05) is 11.5 Å². The summed E-state index contributed by atoms with van der Waals surface area (Å²) in [6.07, 6.45) is 0. The molecule has 0 saturated heterocycles. The predicted octanol–water partition coefficient (Wildman–Crippen LogP) is 0.933. The van der Waals surface area contributed by atoms with Crippen LogP contribution in [-0.4, -0.2) is 25.1 Å². The van der Waals surface area contributed by atoms with Gasteiger partial charge in [-0.1, -0.05) is 0 Å². The molecule has 4 N–H and O–H groups in total. The highest BCUT2D eigenvalue weighted by Gasteiger charge is 2.13. The fraction of sp³-hybridized carbons (Fsp3) is 0.167. The van der Waals surface area contributed by atoms with Crippen LogP contribution < -0.4 is 20.9 Å². The molecule has 6 nitrogen and oxygen atoms in total. The lowest BCUT2D eigenvalue weighted by Gasteiger charge is -2.10. The van der Waals surface area contributed by atoms with E-state index in [-0.39, 0.29) is 11.4 Å². The third-order valence-corrected chi connectivity index (χ3v) is 2.61. The molecule has 2 aromatic rings. The average Bonchev–Trinajstić information content (AvgIpc) is 2.36. The van der Waals surface area contributed by atoms with Crippen molar-refractivity contribution in [2.75, 3.05) is 20.0 Å². The highest BCUT2D eigenvalue weighted by Crippen LogP contribution is 2.31. The van der Waals surface area contributed by atoms with E-state index in [2.05, 4.69) is 4.98 Å². The normalized spacial score (nSPS) is 10.3. The molecule has 0 atom stereocenters. The largest absolute Gasteiger partial charge is 0.497 e. The molecular formula is C12H13N3O3. The molecule has 0 fully saturated rings.